The van der Waals surface area contributed by atoms with Gasteiger partial charge in [-0.15, -0.1) is 23.5 Å². The number of nitrogens with zero attached hydrogens (tertiary/aromatic N) is 1. The summed E-state index contributed by atoms with van der Waals surface area (Å²) in [7, 11) is 0. The molecule has 0 atom stereocenters. The van der Waals surface area contributed by atoms with Gasteiger partial charge in [0.15, 0.2) is 0 Å². The Morgan fingerprint density at radius 2 is 1.79 bits per heavy atom. The molecular formula is C11H15NS2. The van der Waals surface area contributed by atoms with Gasteiger partial charge in [-0.25, -0.2) is 0 Å². The van der Waals surface area contributed by atoms with Crippen LogP contribution in [0.4, 0.5) is 0 Å². The Balaban J connectivity index is 1.76. The topological polar surface area (TPSA) is 3.24 Å². The molecule has 0 bridgehead atoms. The van der Waals surface area contributed by atoms with Crippen LogP contribution in [-0.4, -0.2) is 28.3 Å². The first-order chi connectivity index (χ1) is 6.95. The Morgan fingerprint density at radius 3 is 2.50 bits per heavy atom. The van der Waals surface area contributed by atoms with Gasteiger partial charge in [-0.3, -0.25) is 4.90 Å². The number of hydrogen-bond donors (Lipinski definition) is 0. The monoisotopic (exact) mass is 225 g/mol. The minimum atomic E-state index is 1.18. The van der Waals surface area contributed by atoms with Gasteiger partial charge >= 0.3 is 0 Å². The molecule has 0 N–H and O–H groups in total. The quantitative estimate of drug-likeness (QED) is 0.779. The Bertz CT molecular complexity index is 257. The third-order valence-corrected chi connectivity index (χ3v) is 4.70. The van der Waals surface area contributed by atoms with Crippen molar-refractivity contribution >= 4 is 23.5 Å². The van der Waals surface area contributed by atoms with Crippen molar-refractivity contribution in [2.45, 2.75) is 6.42 Å². The Hall–Kier alpha value is -0.120. The molecule has 3 heteroatoms. The SMILES string of the molecule is c1ccc(CCN2CSCSC2)cc1. The van der Waals surface area contributed by atoms with Crippen molar-refractivity contribution in [1.29, 1.82) is 0 Å². The molecule has 0 unspecified atom stereocenters. The molecule has 1 aliphatic rings. The zero-order valence-corrected chi connectivity index (χ0v) is 9.82. The summed E-state index contributed by atoms with van der Waals surface area (Å²) in [6, 6.07) is 10.7. The van der Waals surface area contributed by atoms with Crippen LogP contribution in [0.3, 0.4) is 0 Å². The molecule has 14 heavy (non-hydrogen) atoms. The molecule has 1 heterocycles. The largest absolute Gasteiger partial charge is 0.285 e. The van der Waals surface area contributed by atoms with E-state index in [9.17, 15) is 0 Å². The van der Waals surface area contributed by atoms with Crippen LogP contribution in [0.2, 0.25) is 0 Å². The molecule has 0 amide bonds. The van der Waals surface area contributed by atoms with Gasteiger partial charge in [0, 0.05) is 23.4 Å². The molecule has 1 aromatic rings. The highest BCUT2D eigenvalue weighted by Crippen LogP contribution is 2.21. The number of benzene rings is 1. The third kappa shape index (κ3) is 3.23. The number of hydrogen-bond acceptors (Lipinski definition) is 3. The maximum atomic E-state index is 2.52. The van der Waals surface area contributed by atoms with Gasteiger partial charge < -0.3 is 0 Å². The van der Waals surface area contributed by atoms with Crippen molar-refractivity contribution < 1.29 is 0 Å². The summed E-state index contributed by atoms with van der Waals surface area (Å²) in [5.41, 5.74) is 1.45. The van der Waals surface area contributed by atoms with Crippen LogP contribution < -0.4 is 0 Å². The average Bonchev–Trinajstić information content (AvgIpc) is 2.29. The summed E-state index contributed by atoms with van der Waals surface area (Å²) in [6.07, 6.45) is 1.18. The Morgan fingerprint density at radius 1 is 1.07 bits per heavy atom. The molecule has 1 fully saturated rings. The van der Waals surface area contributed by atoms with E-state index in [-0.39, 0.29) is 0 Å². The molecular weight excluding hydrogens is 210 g/mol. The molecule has 1 saturated heterocycles. The summed E-state index contributed by atoms with van der Waals surface area (Å²) < 4.78 is 0. The summed E-state index contributed by atoms with van der Waals surface area (Å²) in [5.74, 6) is 2.42. The molecule has 0 spiro atoms. The number of thioether (sulfide) groups is 2. The minimum absolute atomic E-state index is 1.18. The minimum Gasteiger partial charge on any atom is -0.285 e. The highest BCUT2D eigenvalue weighted by atomic mass is 32.2. The lowest BCUT2D eigenvalue weighted by Gasteiger charge is -2.25. The van der Waals surface area contributed by atoms with E-state index in [0.29, 0.717) is 0 Å². The second kappa shape index (κ2) is 5.69. The molecule has 0 radical (unpaired) electrons. The van der Waals surface area contributed by atoms with Gasteiger partial charge in [-0.1, -0.05) is 30.3 Å². The fraction of sp³-hybridized carbons (Fsp3) is 0.455. The predicted octanol–water partition coefficient (Wildman–Crippen LogP) is 2.88. The lowest BCUT2D eigenvalue weighted by molar-refractivity contribution is 0.380. The summed E-state index contributed by atoms with van der Waals surface area (Å²) in [4.78, 5) is 2.52. The highest BCUT2D eigenvalue weighted by molar-refractivity contribution is 8.16. The van der Waals surface area contributed by atoms with Gasteiger partial charge in [0.1, 0.15) is 0 Å². The fourth-order valence-corrected chi connectivity index (χ4v) is 3.63. The standard InChI is InChI=1S/C11H15NS2/c1-2-4-11(5-3-1)6-7-12-8-13-10-14-9-12/h1-5H,6-10H2. The second-order valence-electron chi connectivity index (χ2n) is 3.41. The maximum absolute atomic E-state index is 2.52. The van der Waals surface area contributed by atoms with Crippen LogP contribution in [0.25, 0.3) is 0 Å². The predicted molar refractivity (Wildman–Crippen MR) is 66.6 cm³/mol. The first-order valence-corrected chi connectivity index (χ1v) is 7.18. The highest BCUT2D eigenvalue weighted by Gasteiger charge is 2.09. The molecule has 2 rings (SSSR count). The first-order valence-electron chi connectivity index (χ1n) is 4.87. The Labute approximate surface area is 94.3 Å². The van der Waals surface area contributed by atoms with Crippen LogP contribution >= 0.6 is 23.5 Å². The molecule has 0 saturated carbocycles. The molecule has 0 aromatic heterocycles. The Kier molecular flexibility index (Phi) is 4.22. The van der Waals surface area contributed by atoms with E-state index in [1.807, 2.05) is 23.5 Å². The van der Waals surface area contributed by atoms with Crippen LogP contribution in [0.1, 0.15) is 5.56 Å². The van der Waals surface area contributed by atoms with E-state index in [4.69, 9.17) is 0 Å². The van der Waals surface area contributed by atoms with Crippen molar-refractivity contribution in [2.75, 3.05) is 23.4 Å². The van der Waals surface area contributed by atoms with Crippen molar-refractivity contribution in [3.8, 4) is 0 Å². The first kappa shape index (κ1) is 10.4. The summed E-state index contributed by atoms with van der Waals surface area (Å²) >= 11 is 4.05. The van der Waals surface area contributed by atoms with E-state index in [2.05, 4.69) is 35.2 Å². The van der Waals surface area contributed by atoms with Crippen molar-refractivity contribution in [3.05, 3.63) is 35.9 Å². The van der Waals surface area contributed by atoms with Crippen LogP contribution in [0, 0.1) is 0 Å². The zero-order chi connectivity index (χ0) is 9.64. The lowest BCUT2D eigenvalue weighted by Crippen LogP contribution is -2.28. The van der Waals surface area contributed by atoms with Gasteiger partial charge in [-0.2, -0.15) is 0 Å². The second-order valence-corrected chi connectivity index (χ2v) is 5.69. The molecule has 1 aromatic carbocycles. The van der Waals surface area contributed by atoms with E-state index in [1.165, 1.54) is 35.4 Å². The van der Waals surface area contributed by atoms with E-state index < -0.39 is 0 Å². The fourth-order valence-electron chi connectivity index (χ4n) is 1.49. The molecule has 76 valence electrons. The van der Waals surface area contributed by atoms with Crippen molar-refractivity contribution in [3.63, 3.8) is 0 Å². The van der Waals surface area contributed by atoms with E-state index in [1.54, 1.807) is 0 Å². The number of rotatable bonds is 3. The van der Waals surface area contributed by atoms with E-state index in [0.717, 1.165) is 0 Å². The maximum Gasteiger partial charge on any atom is 0.0460 e. The van der Waals surface area contributed by atoms with Crippen LogP contribution in [0.15, 0.2) is 30.3 Å². The molecule has 1 aliphatic heterocycles. The summed E-state index contributed by atoms with van der Waals surface area (Å²) in [5, 5.41) is 1.27. The smallest absolute Gasteiger partial charge is 0.0460 e. The summed E-state index contributed by atoms with van der Waals surface area (Å²) in [6.45, 7) is 1.20. The average molecular weight is 225 g/mol. The lowest BCUT2D eigenvalue weighted by atomic mass is 10.1. The van der Waals surface area contributed by atoms with Gasteiger partial charge in [0.05, 0.1) is 0 Å². The van der Waals surface area contributed by atoms with E-state index >= 15 is 0 Å². The molecule has 0 aliphatic carbocycles. The van der Waals surface area contributed by atoms with Crippen molar-refractivity contribution in [1.82, 2.24) is 4.90 Å². The van der Waals surface area contributed by atoms with Crippen LogP contribution in [-0.2, 0) is 6.42 Å². The van der Waals surface area contributed by atoms with Gasteiger partial charge in [-0.05, 0) is 12.0 Å². The van der Waals surface area contributed by atoms with Crippen molar-refractivity contribution in [2.24, 2.45) is 0 Å². The van der Waals surface area contributed by atoms with Gasteiger partial charge in [0.2, 0.25) is 0 Å². The van der Waals surface area contributed by atoms with Crippen LogP contribution in [0.5, 0.6) is 0 Å². The third-order valence-electron chi connectivity index (χ3n) is 2.27. The zero-order valence-electron chi connectivity index (χ0n) is 8.19. The molecule has 1 nitrogen and oxygen atoms in total. The normalized spacial score (nSPS) is 18.3. The van der Waals surface area contributed by atoms with Gasteiger partial charge in [0.25, 0.3) is 0 Å².